The standard InChI is InChI=1S/C17H26N2O2/c1-14(15-7-3-2-4-8-15)19-16(21)9-12-18-17(13-20)10-5-6-11-17/h2-4,7-8,14,18,20H,5-6,9-13H2,1H3,(H,19,21). The quantitative estimate of drug-likeness (QED) is 0.721. The SMILES string of the molecule is CC(NC(=O)CCNC1(CO)CCCC1)c1ccccc1. The Hall–Kier alpha value is -1.39. The molecule has 0 radical (unpaired) electrons. The lowest BCUT2D eigenvalue weighted by molar-refractivity contribution is -0.121. The molecule has 1 atom stereocenters. The van der Waals surface area contributed by atoms with Gasteiger partial charge in [-0.25, -0.2) is 0 Å². The van der Waals surface area contributed by atoms with Crippen molar-refractivity contribution >= 4 is 5.91 Å². The van der Waals surface area contributed by atoms with Crippen LogP contribution in [0.2, 0.25) is 0 Å². The van der Waals surface area contributed by atoms with Gasteiger partial charge in [-0.3, -0.25) is 4.79 Å². The fourth-order valence-electron chi connectivity index (χ4n) is 3.02. The molecule has 4 nitrogen and oxygen atoms in total. The number of aliphatic hydroxyl groups excluding tert-OH is 1. The molecule has 1 aliphatic carbocycles. The van der Waals surface area contributed by atoms with Gasteiger partial charge in [0.05, 0.1) is 12.6 Å². The molecular weight excluding hydrogens is 264 g/mol. The summed E-state index contributed by atoms with van der Waals surface area (Å²) in [6, 6.07) is 9.98. The van der Waals surface area contributed by atoms with E-state index >= 15 is 0 Å². The van der Waals surface area contributed by atoms with Crippen LogP contribution in [0, 0.1) is 0 Å². The maximum absolute atomic E-state index is 12.0. The third-order valence-corrected chi connectivity index (χ3v) is 4.39. The lowest BCUT2D eigenvalue weighted by Gasteiger charge is -2.28. The van der Waals surface area contributed by atoms with Crippen molar-refractivity contribution in [3.63, 3.8) is 0 Å². The van der Waals surface area contributed by atoms with Crippen molar-refractivity contribution in [2.24, 2.45) is 0 Å². The van der Waals surface area contributed by atoms with E-state index in [1.54, 1.807) is 0 Å². The molecule has 0 aromatic heterocycles. The molecule has 1 unspecified atom stereocenters. The molecule has 0 heterocycles. The Morgan fingerprint density at radius 1 is 1.29 bits per heavy atom. The van der Waals surface area contributed by atoms with Gasteiger partial charge in [-0.2, -0.15) is 0 Å². The molecule has 0 bridgehead atoms. The zero-order valence-electron chi connectivity index (χ0n) is 12.8. The Morgan fingerprint density at radius 2 is 1.95 bits per heavy atom. The third kappa shape index (κ3) is 4.55. The summed E-state index contributed by atoms with van der Waals surface area (Å²) in [5.74, 6) is 0.0462. The Morgan fingerprint density at radius 3 is 2.57 bits per heavy atom. The maximum atomic E-state index is 12.0. The topological polar surface area (TPSA) is 61.4 Å². The van der Waals surface area contributed by atoms with Crippen LogP contribution in [0.1, 0.15) is 50.6 Å². The van der Waals surface area contributed by atoms with E-state index in [2.05, 4.69) is 10.6 Å². The molecule has 1 aromatic rings. The van der Waals surface area contributed by atoms with Gasteiger partial charge in [-0.1, -0.05) is 43.2 Å². The highest BCUT2D eigenvalue weighted by molar-refractivity contribution is 5.76. The van der Waals surface area contributed by atoms with Gasteiger partial charge in [-0.05, 0) is 25.3 Å². The second kappa shape index (κ2) is 7.57. The van der Waals surface area contributed by atoms with Crippen LogP contribution < -0.4 is 10.6 Å². The van der Waals surface area contributed by atoms with Crippen LogP contribution in [0.3, 0.4) is 0 Å². The molecule has 0 aliphatic heterocycles. The second-order valence-corrected chi connectivity index (χ2v) is 6.02. The number of carbonyl (C=O) groups excluding carboxylic acids is 1. The van der Waals surface area contributed by atoms with Crippen molar-refractivity contribution in [1.29, 1.82) is 0 Å². The van der Waals surface area contributed by atoms with E-state index in [0.717, 1.165) is 31.2 Å². The summed E-state index contributed by atoms with van der Waals surface area (Å²) >= 11 is 0. The van der Waals surface area contributed by atoms with Crippen LogP contribution in [-0.2, 0) is 4.79 Å². The number of hydrogen-bond acceptors (Lipinski definition) is 3. The van der Waals surface area contributed by atoms with Gasteiger partial charge in [-0.15, -0.1) is 0 Å². The van der Waals surface area contributed by atoms with Crippen LogP contribution >= 0.6 is 0 Å². The Balaban J connectivity index is 1.72. The van der Waals surface area contributed by atoms with Crippen molar-refractivity contribution in [2.45, 2.75) is 50.6 Å². The van der Waals surface area contributed by atoms with Gasteiger partial charge >= 0.3 is 0 Å². The highest BCUT2D eigenvalue weighted by Crippen LogP contribution is 2.28. The molecule has 2 rings (SSSR count). The average molecular weight is 290 g/mol. The largest absolute Gasteiger partial charge is 0.394 e. The van der Waals surface area contributed by atoms with E-state index in [9.17, 15) is 9.90 Å². The first kappa shape index (κ1) is 16.0. The van der Waals surface area contributed by atoms with E-state index in [0.29, 0.717) is 13.0 Å². The monoisotopic (exact) mass is 290 g/mol. The lowest BCUT2D eigenvalue weighted by atomic mass is 9.99. The highest BCUT2D eigenvalue weighted by Gasteiger charge is 2.32. The van der Waals surface area contributed by atoms with Crippen molar-refractivity contribution in [3.8, 4) is 0 Å². The molecule has 1 fully saturated rings. The Kier molecular flexibility index (Phi) is 5.76. The molecule has 1 saturated carbocycles. The summed E-state index contributed by atoms with van der Waals surface area (Å²) in [6.45, 7) is 2.77. The van der Waals surface area contributed by atoms with E-state index in [4.69, 9.17) is 0 Å². The summed E-state index contributed by atoms with van der Waals surface area (Å²) in [6.07, 6.45) is 4.77. The fraction of sp³-hybridized carbons (Fsp3) is 0.588. The van der Waals surface area contributed by atoms with E-state index in [-0.39, 0.29) is 24.1 Å². The first-order chi connectivity index (χ1) is 10.2. The summed E-state index contributed by atoms with van der Waals surface area (Å²) < 4.78 is 0. The van der Waals surface area contributed by atoms with Crippen LogP contribution in [0.5, 0.6) is 0 Å². The zero-order chi connectivity index (χ0) is 15.1. The summed E-state index contributed by atoms with van der Waals surface area (Å²) in [5, 5.41) is 15.9. The van der Waals surface area contributed by atoms with Crippen molar-refractivity contribution in [2.75, 3.05) is 13.2 Å². The molecular formula is C17H26N2O2. The number of amides is 1. The fourth-order valence-corrected chi connectivity index (χ4v) is 3.02. The van der Waals surface area contributed by atoms with Gasteiger partial charge in [0.25, 0.3) is 0 Å². The molecule has 1 aliphatic rings. The Labute approximate surface area is 126 Å². The predicted octanol–water partition coefficient (Wildman–Crippen LogP) is 2.15. The smallest absolute Gasteiger partial charge is 0.221 e. The van der Waals surface area contributed by atoms with Crippen LogP contribution in [-0.4, -0.2) is 29.7 Å². The molecule has 21 heavy (non-hydrogen) atoms. The van der Waals surface area contributed by atoms with Gasteiger partial charge in [0.1, 0.15) is 0 Å². The third-order valence-electron chi connectivity index (χ3n) is 4.39. The minimum atomic E-state index is -0.147. The second-order valence-electron chi connectivity index (χ2n) is 6.02. The molecule has 0 saturated heterocycles. The van der Waals surface area contributed by atoms with Gasteiger partial charge < -0.3 is 15.7 Å². The van der Waals surface area contributed by atoms with E-state index in [1.165, 1.54) is 0 Å². The molecule has 1 amide bonds. The molecule has 4 heteroatoms. The number of hydrogen-bond donors (Lipinski definition) is 3. The first-order valence-electron chi connectivity index (χ1n) is 7.85. The zero-order valence-corrected chi connectivity index (χ0v) is 12.8. The maximum Gasteiger partial charge on any atom is 0.221 e. The van der Waals surface area contributed by atoms with Crippen LogP contribution in [0.15, 0.2) is 30.3 Å². The highest BCUT2D eigenvalue weighted by atomic mass is 16.3. The van der Waals surface area contributed by atoms with E-state index < -0.39 is 0 Å². The minimum Gasteiger partial charge on any atom is -0.394 e. The Bertz CT molecular complexity index is 441. The molecule has 1 aromatic carbocycles. The summed E-state index contributed by atoms with van der Waals surface area (Å²) in [4.78, 5) is 12.0. The first-order valence-corrected chi connectivity index (χ1v) is 7.85. The van der Waals surface area contributed by atoms with Gasteiger partial charge in [0.2, 0.25) is 5.91 Å². The summed E-state index contributed by atoms with van der Waals surface area (Å²) in [7, 11) is 0. The van der Waals surface area contributed by atoms with Gasteiger partial charge in [0.15, 0.2) is 0 Å². The number of nitrogens with one attached hydrogen (secondary N) is 2. The average Bonchev–Trinajstić information content (AvgIpc) is 2.97. The number of carbonyl (C=O) groups is 1. The number of benzene rings is 1. The summed E-state index contributed by atoms with van der Waals surface area (Å²) in [5.41, 5.74) is 0.965. The van der Waals surface area contributed by atoms with Crippen molar-refractivity contribution in [3.05, 3.63) is 35.9 Å². The van der Waals surface area contributed by atoms with Gasteiger partial charge in [0, 0.05) is 18.5 Å². The number of rotatable bonds is 7. The number of aliphatic hydroxyl groups is 1. The van der Waals surface area contributed by atoms with E-state index in [1.807, 2.05) is 37.3 Å². The molecule has 3 N–H and O–H groups in total. The van der Waals surface area contributed by atoms with Crippen LogP contribution in [0.25, 0.3) is 0 Å². The van der Waals surface area contributed by atoms with Crippen molar-refractivity contribution < 1.29 is 9.90 Å². The molecule has 0 spiro atoms. The minimum absolute atomic E-state index is 0.0250. The predicted molar refractivity (Wildman–Crippen MR) is 83.9 cm³/mol. The lowest BCUT2D eigenvalue weighted by Crippen LogP contribution is -2.47. The van der Waals surface area contributed by atoms with Crippen LogP contribution in [0.4, 0.5) is 0 Å². The molecule has 116 valence electrons. The normalized spacial score (nSPS) is 18.4. The van der Waals surface area contributed by atoms with Crippen molar-refractivity contribution in [1.82, 2.24) is 10.6 Å².